The van der Waals surface area contributed by atoms with Crippen LogP contribution in [0.5, 0.6) is 0 Å². The van der Waals surface area contributed by atoms with E-state index in [9.17, 15) is 0 Å². The topological polar surface area (TPSA) is 15.5 Å². The van der Waals surface area contributed by atoms with Gasteiger partial charge in [0.2, 0.25) is 6.54 Å². The van der Waals surface area contributed by atoms with Gasteiger partial charge in [-0.2, -0.15) is 0 Å². The molecule has 0 unspecified atom stereocenters. The minimum atomic E-state index is 0.740. The van der Waals surface area contributed by atoms with Crippen molar-refractivity contribution in [2.24, 2.45) is 0 Å². The number of nitrogens with zero attached hydrogens (tertiary/aromatic N) is 2. The van der Waals surface area contributed by atoms with E-state index in [0.717, 1.165) is 39.4 Å². The van der Waals surface area contributed by atoms with Gasteiger partial charge in [0, 0.05) is 13.1 Å². The van der Waals surface area contributed by atoms with Crippen molar-refractivity contribution in [2.45, 2.75) is 0 Å². The van der Waals surface area contributed by atoms with Gasteiger partial charge in [0.05, 0.1) is 19.8 Å². The van der Waals surface area contributed by atoms with Crippen molar-refractivity contribution >= 4 is 6.72 Å². The van der Waals surface area contributed by atoms with Crippen LogP contribution in [-0.2, 0) is 4.74 Å². The average Bonchev–Trinajstić information content (AvgIpc) is 2.14. The third kappa shape index (κ3) is 4.66. The van der Waals surface area contributed by atoms with Gasteiger partial charge >= 0.3 is 0 Å². The van der Waals surface area contributed by atoms with Gasteiger partial charge in [-0.1, -0.05) is 5.92 Å². The molecule has 0 saturated carbocycles. The summed E-state index contributed by atoms with van der Waals surface area (Å²) >= 11 is 0. The quantitative estimate of drug-likeness (QED) is 0.329. The Morgan fingerprint density at radius 1 is 1.38 bits per heavy atom. The van der Waals surface area contributed by atoms with Crippen LogP contribution < -0.4 is 0 Å². The maximum atomic E-state index is 5.24. The van der Waals surface area contributed by atoms with E-state index >= 15 is 0 Å². The van der Waals surface area contributed by atoms with Gasteiger partial charge in [-0.15, -0.1) is 0 Å². The van der Waals surface area contributed by atoms with Crippen molar-refractivity contribution in [2.75, 3.05) is 46.4 Å². The zero-order valence-electron chi connectivity index (χ0n) is 8.25. The van der Waals surface area contributed by atoms with Crippen molar-refractivity contribution in [3.63, 3.8) is 0 Å². The average molecular weight is 181 g/mol. The van der Waals surface area contributed by atoms with Crippen LogP contribution in [0.25, 0.3) is 0 Å². The molecule has 1 fully saturated rings. The number of hydrogen-bond donors (Lipinski definition) is 0. The van der Waals surface area contributed by atoms with Gasteiger partial charge < -0.3 is 4.74 Å². The lowest BCUT2D eigenvalue weighted by Gasteiger charge is -2.24. The number of morpholine rings is 1. The number of rotatable bonds is 2. The van der Waals surface area contributed by atoms with E-state index in [-0.39, 0.29) is 0 Å². The summed E-state index contributed by atoms with van der Waals surface area (Å²) in [6, 6.07) is 0. The second-order valence-electron chi connectivity index (χ2n) is 3.26. The molecule has 3 nitrogen and oxygen atoms in total. The van der Waals surface area contributed by atoms with Gasteiger partial charge in [0.25, 0.3) is 0 Å². The Morgan fingerprint density at radius 2 is 2.08 bits per heavy atom. The van der Waals surface area contributed by atoms with Crippen LogP contribution in [0.3, 0.4) is 0 Å². The molecule has 0 amide bonds. The zero-order valence-corrected chi connectivity index (χ0v) is 8.25. The fraction of sp³-hybridized carbons (Fsp3) is 0.700. The Balaban J connectivity index is 2.15. The van der Waals surface area contributed by atoms with Crippen molar-refractivity contribution in [3.05, 3.63) is 0 Å². The molecule has 72 valence electrons. The molecule has 1 saturated heterocycles. The molecule has 0 spiro atoms. The Morgan fingerprint density at radius 3 is 2.69 bits per heavy atom. The fourth-order valence-electron chi connectivity index (χ4n) is 1.12. The lowest BCUT2D eigenvalue weighted by atomic mass is 10.4. The number of hydrogen-bond acceptors (Lipinski definition) is 2. The van der Waals surface area contributed by atoms with E-state index < -0.39 is 0 Å². The van der Waals surface area contributed by atoms with E-state index in [0.29, 0.717) is 0 Å². The largest absolute Gasteiger partial charge is 0.379 e. The third-order valence-corrected chi connectivity index (χ3v) is 1.88. The molecule has 1 aliphatic heterocycles. The van der Waals surface area contributed by atoms with Gasteiger partial charge in [-0.25, -0.2) is 4.58 Å². The van der Waals surface area contributed by atoms with Crippen LogP contribution in [-0.4, -0.2) is 62.6 Å². The summed E-state index contributed by atoms with van der Waals surface area (Å²) < 4.78 is 7.06. The maximum Gasteiger partial charge on any atom is 0.202 e. The normalized spacial score (nSPS) is 17.6. The van der Waals surface area contributed by atoms with Crippen LogP contribution >= 0.6 is 0 Å². The highest BCUT2D eigenvalue weighted by Gasteiger charge is 2.07. The predicted octanol–water partition coefficient (Wildman–Crippen LogP) is -0.335. The first-order valence-electron chi connectivity index (χ1n) is 4.56. The summed E-state index contributed by atoms with van der Waals surface area (Å²) in [5, 5.41) is 0. The predicted molar refractivity (Wildman–Crippen MR) is 53.2 cm³/mol. The molecule has 1 rings (SSSR count). The van der Waals surface area contributed by atoms with Gasteiger partial charge in [0.15, 0.2) is 0 Å². The van der Waals surface area contributed by atoms with Crippen molar-refractivity contribution in [1.29, 1.82) is 0 Å². The number of ether oxygens (including phenoxy) is 1. The van der Waals surface area contributed by atoms with Crippen LogP contribution in [0.15, 0.2) is 0 Å². The molecule has 0 atom stereocenters. The Bertz CT molecular complexity index is 221. The highest BCUT2D eigenvalue weighted by atomic mass is 16.5. The lowest BCUT2D eigenvalue weighted by molar-refractivity contribution is -0.474. The summed E-state index contributed by atoms with van der Waals surface area (Å²) in [6.07, 6.45) is 0. The molecule has 1 aliphatic rings. The fourth-order valence-corrected chi connectivity index (χ4v) is 1.12. The lowest BCUT2D eigenvalue weighted by Crippen LogP contribution is -2.36. The first-order chi connectivity index (χ1) is 6.29. The van der Waals surface area contributed by atoms with Crippen LogP contribution in [0, 0.1) is 11.8 Å². The maximum absolute atomic E-state index is 5.24. The van der Waals surface area contributed by atoms with Gasteiger partial charge in [0.1, 0.15) is 13.8 Å². The minimum absolute atomic E-state index is 0.740. The Kier molecular flexibility index (Phi) is 4.52. The van der Waals surface area contributed by atoms with Crippen molar-refractivity contribution < 1.29 is 9.31 Å². The van der Waals surface area contributed by atoms with Crippen molar-refractivity contribution in [3.8, 4) is 11.8 Å². The Hall–Kier alpha value is -0.850. The molecule has 13 heavy (non-hydrogen) atoms. The smallest absolute Gasteiger partial charge is 0.202 e. The molecular formula is C10H17N2O+. The summed E-state index contributed by atoms with van der Waals surface area (Å²) in [6.45, 7) is 9.02. The first-order valence-corrected chi connectivity index (χ1v) is 4.56. The van der Waals surface area contributed by atoms with Crippen LogP contribution in [0.2, 0.25) is 0 Å². The molecular weight excluding hydrogens is 164 g/mol. The molecule has 0 aromatic heterocycles. The second kappa shape index (κ2) is 5.74. The van der Waals surface area contributed by atoms with Crippen LogP contribution in [0.1, 0.15) is 0 Å². The van der Waals surface area contributed by atoms with Gasteiger partial charge in [-0.3, -0.25) is 4.90 Å². The van der Waals surface area contributed by atoms with E-state index in [1.54, 1.807) is 0 Å². The zero-order chi connectivity index (χ0) is 9.52. The van der Waals surface area contributed by atoms with Crippen molar-refractivity contribution in [1.82, 2.24) is 4.90 Å². The molecule has 0 bridgehead atoms. The van der Waals surface area contributed by atoms with E-state index in [4.69, 9.17) is 4.74 Å². The SMILES string of the molecule is C=[N+](C)CC#CCN1CCOCC1. The molecule has 1 heterocycles. The highest BCUT2D eigenvalue weighted by molar-refractivity contribution is 5.15. The molecule has 0 radical (unpaired) electrons. The Labute approximate surface area is 80.0 Å². The summed E-state index contributed by atoms with van der Waals surface area (Å²) in [5.41, 5.74) is 0. The summed E-state index contributed by atoms with van der Waals surface area (Å²) in [5.74, 6) is 6.19. The van der Waals surface area contributed by atoms with Gasteiger partial charge in [-0.05, 0) is 5.92 Å². The molecule has 0 aromatic rings. The first kappa shape index (κ1) is 10.2. The molecule has 0 aromatic carbocycles. The summed E-state index contributed by atoms with van der Waals surface area (Å²) in [4.78, 5) is 2.31. The van der Waals surface area contributed by atoms with E-state index in [2.05, 4.69) is 23.5 Å². The molecule has 0 N–H and O–H groups in total. The highest BCUT2D eigenvalue weighted by Crippen LogP contribution is 1.94. The minimum Gasteiger partial charge on any atom is -0.379 e. The second-order valence-corrected chi connectivity index (χ2v) is 3.26. The van der Waals surface area contributed by atoms with E-state index in [1.807, 2.05) is 11.6 Å². The monoisotopic (exact) mass is 181 g/mol. The standard InChI is InChI=1S/C10H17N2O/c1-11(2)5-3-4-6-12-7-9-13-10-8-12/h1,5-10H2,2H3/q+1. The molecule has 3 heteroatoms. The van der Waals surface area contributed by atoms with Crippen LogP contribution in [0.4, 0.5) is 0 Å². The van der Waals surface area contributed by atoms with E-state index in [1.165, 1.54) is 0 Å². The summed E-state index contributed by atoms with van der Waals surface area (Å²) in [7, 11) is 1.92. The third-order valence-electron chi connectivity index (χ3n) is 1.88. The molecule has 0 aliphatic carbocycles.